The summed E-state index contributed by atoms with van der Waals surface area (Å²) in [6.07, 6.45) is 0. The van der Waals surface area contributed by atoms with E-state index in [0.717, 1.165) is 0 Å². The Hall–Kier alpha value is -0.955. The Morgan fingerprint density at radius 3 is 0.931 bits per heavy atom. The molecule has 0 bridgehead atoms. The summed E-state index contributed by atoms with van der Waals surface area (Å²) in [6.45, 7) is 1.18. The van der Waals surface area contributed by atoms with Crippen molar-refractivity contribution in [3.63, 3.8) is 0 Å². The number of hydrogen-bond donors (Lipinski definition) is 1. The molecule has 2 N–H and O–H groups in total. The molecule has 13 heteroatoms. The van der Waals surface area contributed by atoms with Crippen molar-refractivity contribution >= 4 is 23.8 Å². The molecule has 0 unspecified atom stereocenters. The number of carboxylic acids is 3. The topological polar surface area (TPSA) is 176 Å². The molecule has 165 valence electrons. The van der Waals surface area contributed by atoms with Crippen LogP contribution in [-0.4, -0.2) is 122 Å². The minimum Gasteiger partial charge on any atom is -0.549 e. The van der Waals surface area contributed by atoms with E-state index in [1.807, 2.05) is 0 Å². The molecule has 0 aliphatic carbocycles. The van der Waals surface area contributed by atoms with Crippen molar-refractivity contribution in [2.75, 3.05) is 78.5 Å². The molecular formula is C16H26GdN5O7. The number of nitrogens with two attached hydrogens (primary N) is 1. The van der Waals surface area contributed by atoms with Crippen molar-refractivity contribution in [1.82, 2.24) is 19.6 Å². The molecule has 1 radical (unpaired) electrons. The minimum absolute atomic E-state index is 0. The molecule has 0 aromatic carbocycles. The van der Waals surface area contributed by atoms with Gasteiger partial charge in [0.2, 0.25) is 5.91 Å². The van der Waals surface area contributed by atoms with Crippen LogP contribution in [0.25, 0.3) is 0 Å². The second-order valence-corrected chi connectivity index (χ2v) is 6.69. The van der Waals surface area contributed by atoms with Crippen molar-refractivity contribution < 1.29 is 74.4 Å². The number of amides is 1. The van der Waals surface area contributed by atoms with Crippen molar-refractivity contribution in [1.29, 1.82) is 0 Å². The molecule has 0 atom stereocenters. The number of hydrogen-bond acceptors (Lipinski definition) is 11. The Labute approximate surface area is 201 Å². The molecule has 29 heavy (non-hydrogen) atoms. The fraction of sp³-hybridized carbons (Fsp3) is 0.750. The van der Waals surface area contributed by atoms with Gasteiger partial charge >= 0.3 is 39.9 Å². The van der Waals surface area contributed by atoms with Gasteiger partial charge in [-0.1, -0.05) is 0 Å². The Balaban J connectivity index is 0.00000784. The first kappa shape index (κ1) is 28.0. The summed E-state index contributed by atoms with van der Waals surface area (Å²) in [5.74, 6) is -4.36. The first-order valence-corrected chi connectivity index (χ1v) is 8.93. The summed E-state index contributed by atoms with van der Waals surface area (Å²) >= 11 is 0. The molecule has 1 aliphatic rings. The first-order chi connectivity index (χ1) is 13.2. The average Bonchev–Trinajstić information content (AvgIpc) is 2.55. The molecule has 1 saturated heterocycles. The SMILES string of the molecule is NC(=O)CN1CCN(CC(=O)[O-])CCN(CC(=O)[O-])CCN(CC(=O)[O-])CC1.[Gd+3]. The van der Waals surface area contributed by atoms with E-state index in [0.29, 0.717) is 26.2 Å². The van der Waals surface area contributed by atoms with Crippen LogP contribution >= 0.6 is 0 Å². The van der Waals surface area contributed by atoms with Gasteiger partial charge in [-0.3, -0.25) is 24.4 Å². The molecule has 0 saturated carbocycles. The van der Waals surface area contributed by atoms with Crippen LogP contribution in [0.3, 0.4) is 0 Å². The van der Waals surface area contributed by atoms with Crippen molar-refractivity contribution in [2.24, 2.45) is 5.73 Å². The van der Waals surface area contributed by atoms with Crippen molar-refractivity contribution in [3.05, 3.63) is 0 Å². The number of nitrogens with zero attached hydrogens (tertiary/aromatic N) is 4. The van der Waals surface area contributed by atoms with E-state index in [1.165, 1.54) is 0 Å². The molecule has 1 amide bonds. The maximum atomic E-state index is 11.3. The molecule has 0 aromatic rings. The van der Waals surface area contributed by atoms with Crippen LogP contribution in [0.1, 0.15) is 0 Å². The average molecular weight is 558 g/mol. The van der Waals surface area contributed by atoms with E-state index in [4.69, 9.17) is 5.73 Å². The molecular weight excluding hydrogens is 531 g/mol. The third kappa shape index (κ3) is 13.8. The number of carbonyl (C=O) groups is 4. The second-order valence-electron chi connectivity index (χ2n) is 6.69. The summed E-state index contributed by atoms with van der Waals surface area (Å²) in [4.78, 5) is 50.7. The molecule has 1 rings (SSSR count). The predicted molar refractivity (Wildman–Crippen MR) is 90.0 cm³/mol. The number of carbonyl (C=O) groups excluding carboxylic acids is 4. The maximum absolute atomic E-state index is 11.3. The zero-order valence-electron chi connectivity index (χ0n) is 16.1. The zero-order valence-corrected chi connectivity index (χ0v) is 18.3. The van der Waals surface area contributed by atoms with Crippen LogP contribution in [0.5, 0.6) is 0 Å². The van der Waals surface area contributed by atoms with E-state index < -0.39 is 23.8 Å². The van der Waals surface area contributed by atoms with E-state index in [2.05, 4.69) is 0 Å². The third-order valence-corrected chi connectivity index (χ3v) is 4.37. The number of aliphatic carboxylic acids is 3. The summed E-state index contributed by atoms with van der Waals surface area (Å²) < 4.78 is 0. The smallest absolute Gasteiger partial charge is 0.549 e. The fourth-order valence-corrected chi connectivity index (χ4v) is 2.98. The summed E-state index contributed by atoms with van der Waals surface area (Å²) in [5.41, 5.74) is 5.25. The number of primary amides is 1. The molecule has 1 heterocycles. The monoisotopic (exact) mass is 558 g/mol. The zero-order chi connectivity index (χ0) is 21.1. The van der Waals surface area contributed by atoms with Gasteiger partial charge in [0.15, 0.2) is 0 Å². The van der Waals surface area contributed by atoms with Gasteiger partial charge in [0.1, 0.15) is 0 Å². The van der Waals surface area contributed by atoms with Gasteiger partial charge in [-0.25, -0.2) is 0 Å². The predicted octanol–water partition coefficient (Wildman–Crippen LogP) is -7.06. The standard InChI is InChI=1S/C16H29N5O7.Gd/c17-13(22)9-18-1-3-19(10-14(23)24)5-7-21(12-16(27)28)8-6-20(4-2-18)11-15(25)26;/h1-12H2,(H2,17,22)(H,23,24)(H,25,26)(H,27,28);/q;+3/p-3. The first-order valence-electron chi connectivity index (χ1n) is 8.93. The van der Waals surface area contributed by atoms with Gasteiger partial charge in [0.05, 0.1) is 24.5 Å². The van der Waals surface area contributed by atoms with Crippen molar-refractivity contribution in [2.45, 2.75) is 0 Å². The van der Waals surface area contributed by atoms with Gasteiger partial charge in [0.25, 0.3) is 0 Å². The number of carboxylic acid groups (broad SMARTS) is 3. The van der Waals surface area contributed by atoms with Crippen LogP contribution in [0.4, 0.5) is 0 Å². The van der Waals surface area contributed by atoms with Crippen LogP contribution in [0, 0.1) is 39.9 Å². The largest absolute Gasteiger partial charge is 3.00 e. The fourth-order valence-electron chi connectivity index (χ4n) is 2.98. The molecule has 0 spiro atoms. The van der Waals surface area contributed by atoms with Crippen molar-refractivity contribution in [3.8, 4) is 0 Å². The Kier molecular flexibility index (Phi) is 14.4. The summed E-state index contributed by atoms with van der Waals surface area (Å²) in [7, 11) is 0. The van der Waals surface area contributed by atoms with Crippen LogP contribution < -0.4 is 21.1 Å². The van der Waals surface area contributed by atoms with E-state index in [1.54, 1.807) is 19.6 Å². The quantitative estimate of drug-likeness (QED) is 0.300. The molecule has 1 fully saturated rings. The van der Waals surface area contributed by atoms with Crippen LogP contribution in [0.2, 0.25) is 0 Å². The minimum atomic E-state index is -1.28. The van der Waals surface area contributed by atoms with E-state index in [9.17, 15) is 34.5 Å². The summed E-state index contributed by atoms with van der Waals surface area (Å²) in [5, 5.41) is 32.9. The van der Waals surface area contributed by atoms with Gasteiger partial charge in [-0.2, -0.15) is 0 Å². The molecule has 12 nitrogen and oxygen atoms in total. The normalized spacial score (nSPS) is 18.8. The molecule has 0 aromatic heterocycles. The maximum Gasteiger partial charge on any atom is 3.00 e. The Morgan fingerprint density at radius 2 is 0.759 bits per heavy atom. The van der Waals surface area contributed by atoms with E-state index >= 15 is 0 Å². The molecule has 1 aliphatic heterocycles. The van der Waals surface area contributed by atoms with E-state index in [-0.39, 0.29) is 92.3 Å². The van der Waals surface area contributed by atoms with Gasteiger partial charge in [0, 0.05) is 72.0 Å². The Morgan fingerprint density at radius 1 is 0.552 bits per heavy atom. The third-order valence-electron chi connectivity index (χ3n) is 4.37. The van der Waals surface area contributed by atoms with Gasteiger partial charge in [-0.05, 0) is 0 Å². The Bertz CT molecular complexity index is 454. The van der Waals surface area contributed by atoms with Gasteiger partial charge < -0.3 is 35.4 Å². The van der Waals surface area contributed by atoms with Crippen LogP contribution in [0.15, 0.2) is 0 Å². The number of rotatable bonds is 8. The van der Waals surface area contributed by atoms with Crippen LogP contribution in [-0.2, 0) is 19.2 Å². The summed E-state index contributed by atoms with van der Waals surface area (Å²) in [6, 6.07) is 0. The second kappa shape index (κ2) is 14.9. The van der Waals surface area contributed by atoms with Gasteiger partial charge in [-0.15, -0.1) is 0 Å².